The maximum absolute atomic E-state index is 13.6. The van der Waals surface area contributed by atoms with Gasteiger partial charge in [0, 0.05) is 18.0 Å². The van der Waals surface area contributed by atoms with Gasteiger partial charge in [-0.3, -0.25) is 4.79 Å². The van der Waals surface area contributed by atoms with Crippen molar-refractivity contribution in [3.05, 3.63) is 45.0 Å². The van der Waals surface area contributed by atoms with Crippen LogP contribution in [0.3, 0.4) is 0 Å². The molecule has 1 aromatic heterocycles. The smallest absolute Gasteiger partial charge is 0.432 e. The summed E-state index contributed by atoms with van der Waals surface area (Å²) >= 11 is 8.79. The fraction of sp³-hybridized carbons (Fsp3) is 0.333. The van der Waals surface area contributed by atoms with Gasteiger partial charge < -0.3 is 9.67 Å². The Kier molecular flexibility index (Phi) is 6.95. The molecule has 0 atom stereocenters. The number of benzene rings is 1. The number of nitrogens with zero attached hydrogens (tertiary/aromatic N) is 2. The number of unbranched alkanes of at least 4 members (excludes halogenated alkanes) is 2. The van der Waals surface area contributed by atoms with Crippen molar-refractivity contribution in [2.24, 2.45) is 0 Å². The Labute approximate surface area is 167 Å². The van der Waals surface area contributed by atoms with Gasteiger partial charge in [0.15, 0.2) is 0 Å². The van der Waals surface area contributed by atoms with E-state index in [-0.39, 0.29) is 28.7 Å². The number of alkyl halides is 3. The molecule has 144 valence electrons. The normalized spacial score (nSPS) is 11.4. The van der Waals surface area contributed by atoms with Gasteiger partial charge in [0.05, 0.1) is 15.7 Å². The molecule has 0 amide bonds. The number of hydrogen-bond donors (Lipinski definition) is 1. The van der Waals surface area contributed by atoms with Crippen LogP contribution >= 0.6 is 27.5 Å². The third kappa shape index (κ3) is 5.05. The van der Waals surface area contributed by atoms with E-state index < -0.39 is 17.8 Å². The van der Waals surface area contributed by atoms with Crippen molar-refractivity contribution in [3.63, 3.8) is 0 Å². The topological polar surface area (TPSA) is 66.0 Å². The van der Waals surface area contributed by atoms with Crippen LogP contribution in [-0.4, -0.2) is 15.6 Å². The van der Waals surface area contributed by atoms with E-state index in [1.807, 2.05) is 6.07 Å². The molecular formula is C18H15BrClF3N2O2. The number of rotatable bonds is 7. The summed E-state index contributed by atoms with van der Waals surface area (Å²) in [7, 11) is 0. The highest BCUT2D eigenvalue weighted by Gasteiger charge is 2.40. The molecular weight excluding hydrogens is 449 g/mol. The summed E-state index contributed by atoms with van der Waals surface area (Å²) in [5.41, 5.74) is -0.429. The van der Waals surface area contributed by atoms with Crippen LogP contribution in [0.15, 0.2) is 28.7 Å². The molecule has 0 aliphatic carbocycles. The Morgan fingerprint density at radius 3 is 2.37 bits per heavy atom. The van der Waals surface area contributed by atoms with Gasteiger partial charge in [-0.25, -0.2) is 0 Å². The lowest BCUT2D eigenvalue weighted by Gasteiger charge is -2.16. The Morgan fingerprint density at radius 2 is 1.85 bits per heavy atom. The van der Waals surface area contributed by atoms with Gasteiger partial charge in [-0.1, -0.05) is 30.2 Å². The average Bonchev–Trinajstić information content (AvgIpc) is 2.86. The lowest BCUT2D eigenvalue weighted by Crippen LogP contribution is -2.15. The summed E-state index contributed by atoms with van der Waals surface area (Å²) in [6, 6.07) is 8.06. The predicted octanol–water partition coefficient (Wildman–Crippen LogP) is 6.11. The van der Waals surface area contributed by atoms with Crippen LogP contribution in [0.25, 0.3) is 11.3 Å². The highest BCUT2D eigenvalue weighted by Crippen LogP contribution is 2.43. The van der Waals surface area contributed by atoms with Gasteiger partial charge in [0.1, 0.15) is 11.8 Å². The van der Waals surface area contributed by atoms with E-state index in [1.165, 1.54) is 0 Å². The Morgan fingerprint density at radius 1 is 1.22 bits per heavy atom. The van der Waals surface area contributed by atoms with Gasteiger partial charge in [-0.05, 0) is 46.5 Å². The van der Waals surface area contributed by atoms with Crippen LogP contribution in [0.5, 0.6) is 0 Å². The Hall–Kier alpha value is -1.98. The standard InChI is InChI=1S/C18H15BrClF3N2O2/c19-15-13(10-24)16(11-5-7-12(20)8-6-11)25(17(15)18(21,22)23)9-3-1-2-4-14(26)27/h5-8H,1-4,9H2,(H,26,27). The Bertz CT molecular complexity index is 871. The SMILES string of the molecule is N#Cc1c(Br)c(C(F)(F)F)n(CCCCCC(=O)O)c1-c1ccc(Cl)cc1. The molecule has 2 rings (SSSR count). The van der Waals surface area contributed by atoms with Crippen molar-refractivity contribution in [2.75, 3.05) is 0 Å². The number of aromatic nitrogens is 1. The maximum atomic E-state index is 13.6. The molecule has 0 radical (unpaired) electrons. The van der Waals surface area contributed by atoms with E-state index >= 15 is 0 Å². The summed E-state index contributed by atoms with van der Waals surface area (Å²) in [4.78, 5) is 10.6. The van der Waals surface area contributed by atoms with Gasteiger partial charge in [-0.15, -0.1) is 0 Å². The van der Waals surface area contributed by atoms with Crippen molar-refractivity contribution >= 4 is 33.5 Å². The molecule has 0 spiro atoms. The number of carbonyl (C=O) groups is 1. The molecule has 0 saturated carbocycles. The highest BCUT2D eigenvalue weighted by atomic mass is 79.9. The molecule has 2 aromatic rings. The van der Waals surface area contributed by atoms with Crippen molar-refractivity contribution in [3.8, 4) is 17.3 Å². The molecule has 0 bridgehead atoms. The van der Waals surface area contributed by atoms with E-state index in [4.69, 9.17) is 16.7 Å². The second kappa shape index (κ2) is 8.81. The summed E-state index contributed by atoms with van der Waals surface area (Å²) in [5, 5.41) is 18.5. The number of halogens is 5. The zero-order valence-corrected chi connectivity index (χ0v) is 16.3. The molecule has 4 nitrogen and oxygen atoms in total. The molecule has 0 aliphatic rings. The monoisotopic (exact) mass is 462 g/mol. The summed E-state index contributed by atoms with van der Waals surface area (Å²) < 4.78 is 41.7. The molecule has 0 saturated heterocycles. The largest absolute Gasteiger partial charge is 0.481 e. The third-order valence-corrected chi connectivity index (χ3v) is 5.00. The zero-order chi connectivity index (χ0) is 20.2. The molecule has 0 fully saturated rings. The van der Waals surface area contributed by atoms with Crippen LogP contribution in [0.2, 0.25) is 5.02 Å². The first kappa shape index (κ1) is 21.3. The van der Waals surface area contributed by atoms with E-state index in [9.17, 15) is 23.2 Å². The van der Waals surface area contributed by atoms with Crippen LogP contribution < -0.4 is 0 Å². The molecule has 0 aliphatic heterocycles. The van der Waals surface area contributed by atoms with E-state index in [0.29, 0.717) is 29.8 Å². The molecule has 9 heteroatoms. The lowest BCUT2D eigenvalue weighted by atomic mass is 10.1. The summed E-state index contributed by atoms with van der Waals surface area (Å²) in [6.07, 6.45) is -3.50. The predicted molar refractivity (Wildman–Crippen MR) is 98.4 cm³/mol. The second-order valence-corrected chi connectivity index (χ2v) is 7.09. The highest BCUT2D eigenvalue weighted by molar-refractivity contribution is 9.10. The van der Waals surface area contributed by atoms with Crippen molar-refractivity contribution in [2.45, 2.75) is 38.4 Å². The minimum Gasteiger partial charge on any atom is -0.481 e. The third-order valence-electron chi connectivity index (χ3n) is 3.97. The maximum Gasteiger partial charge on any atom is 0.432 e. The summed E-state index contributed by atoms with van der Waals surface area (Å²) in [5.74, 6) is -0.941. The van der Waals surface area contributed by atoms with E-state index in [0.717, 1.165) is 4.57 Å². The van der Waals surface area contributed by atoms with E-state index in [2.05, 4.69) is 15.9 Å². The average molecular weight is 464 g/mol. The fourth-order valence-electron chi connectivity index (χ4n) is 2.82. The molecule has 0 unspecified atom stereocenters. The van der Waals surface area contributed by atoms with Gasteiger partial charge in [0.25, 0.3) is 0 Å². The lowest BCUT2D eigenvalue weighted by molar-refractivity contribution is -0.144. The number of carboxylic acids is 1. The number of carboxylic acid groups (broad SMARTS) is 1. The van der Waals surface area contributed by atoms with Crippen LogP contribution in [0.4, 0.5) is 13.2 Å². The minimum atomic E-state index is -4.66. The first-order valence-corrected chi connectivity index (χ1v) is 9.21. The van der Waals surface area contributed by atoms with E-state index in [1.54, 1.807) is 24.3 Å². The number of nitriles is 1. The zero-order valence-electron chi connectivity index (χ0n) is 14.0. The number of aliphatic carboxylic acids is 1. The Balaban J connectivity index is 2.48. The fourth-order valence-corrected chi connectivity index (χ4v) is 3.66. The van der Waals surface area contributed by atoms with Crippen molar-refractivity contribution < 1.29 is 23.1 Å². The van der Waals surface area contributed by atoms with Crippen molar-refractivity contribution in [1.82, 2.24) is 4.57 Å². The van der Waals surface area contributed by atoms with Gasteiger partial charge >= 0.3 is 12.1 Å². The van der Waals surface area contributed by atoms with Gasteiger partial charge in [0.2, 0.25) is 0 Å². The molecule has 1 N–H and O–H groups in total. The quantitative estimate of drug-likeness (QED) is 0.504. The van der Waals surface area contributed by atoms with Crippen molar-refractivity contribution in [1.29, 1.82) is 5.26 Å². The second-order valence-electron chi connectivity index (χ2n) is 5.86. The van der Waals surface area contributed by atoms with Gasteiger partial charge in [-0.2, -0.15) is 18.4 Å². The first-order valence-electron chi connectivity index (χ1n) is 8.03. The molecule has 1 aromatic carbocycles. The summed E-state index contributed by atoms with van der Waals surface area (Å²) in [6.45, 7) is 0.00665. The first-order chi connectivity index (χ1) is 12.7. The molecule has 1 heterocycles. The number of hydrogen-bond acceptors (Lipinski definition) is 2. The van der Waals surface area contributed by atoms with Crippen LogP contribution in [-0.2, 0) is 17.5 Å². The molecule has 27 heavy (non-hydrogen) atoms. The van der Waals surface area contributed by atoms with Crippen LogP contribution in [0.1, 0.15) is 36.9 Å². The minimum absolute atomic E-state index is 0.00665. The van der Waals surface area contributed by atoms with Crippen LogP contribution in [0, 0.1) is 11.3 Å².